The third kappa shape index (κ3) is 3.15. The maximum atomic E-state index is 4.88. The molecular formula is C20H20N4S. The molecule has 0 aliphatic rings. The Kier molecular flexibility index (Phi) is 4.01. The lowest BCUT2D eigenvalue weighted by molar-refractivity contribution is 1.00. The summed E-state index contributed by atoms with van der Waals surface area (Å²) >= 11 is 1.49. The van der Waals surface area contributed by atoms with E-state index in [4.69, 9.17) is 4.98 Å². The molecule has 0 fully saturated rings. The van der Waals surface area contributed by atoms with Gasteiger partial charge < -0.3 is 9.72 Å². The van der Waals surface area contributed by atoms with Crippen LogP contribution in [-0.2, 0) is 6.54 Å². The molecule has 0 saturated carbocycles. The van der Waals surface area contributed by atoms with E-state index in [9.17, 15) is 0 Å². The zero-order valence-electron chi connectivity index (χ0n) is 14.6. The monoisotopic (exact) mass is 348 g/mol. The van der Waals surface area contributed by atoms with Crippen molar-refractivity contribution in [3.05, 3.63) is 71.2 Å². The molecule has 0 atom stereocenters. The molecule has 0 unspecified atom stereocenters. The molecule has 1 aromatic carbocycles. The zero-order valence-corrected chi connectivity index (χ0v) is 15.4. The highest BCUT2D eigenvalue weighted by Crippen LogP contribution is 2.27. The first kappa shape index (κ1) is 15.8. The highest BCUT2D eigenvalue weighted by Gasteiger charge is 2.14. The van der Waals surface area contributed by atoms with Crippen molar-refractivity contribution in [3.63, 3.8) is 0 Å². The van der Waals surface area contributed by atoms with Crippen LogP contribution >= 0.6 is 11.5 Å². The predicted octanol–water partition coefficient (Wildman–Crippen LogP) is 5.00. The topological polar surface area (TPSA) is 42.2 Å². The van der Waals surface area contributed by atoms with Gasteiger partial charge in [-0.3, -0.25) is 0 Å². The summed E-state index contributed by atoms with van der Waals surface area (Å²) in [4.78, 5) is 4.88. The molecule has 0 spiro atoms. The second-order valence-electron chi connectivity index (χ2n) is 6.39. The molecule has 0 amide bonds. The van der Waals surface area contributed by atoms with Gasteiger partial charge in [0, 0.05) is 11.8 Å². The Morgan fingerprint density at radius 2 is 1.76 bits per heavy atom. The maximum Gasteiger partial charge on any atom is 0.137 e. The van der Waals surface area contributed by atoms with Gasteiger partial charge in [-0.05, 0) is 50.0 Å². The Hall–Kier alpha value is -2.66. The van der Waals surface area contributed by atoms with Gasteiger partial charge in [0.2, 0.25) is 0 Å². The van der Waals surface area contributed by atoms with Gasteiger partial charge in [-0.1, -0.05) is 35.9 Å². The minimum atomic E-state index is 0.704. The van der Waals surface area contributed by atoms with Crippen molar-refractivity contribution in [2.24, 2.45) is 0 Å². The Morgan fingerprint density at radius 1 is 1.00 bits per heavy atom. The number of hydrogen-bond acceptors (Lipinski definition) is 4. The van der Waals surface area contributed by atoms with Crippen molar-refractivity contribution in [3.8, 4) is 11.3 Å². The quantitative estimate of drug-likeness (QED) is 0.564. The number of hydrogen-bond donors (Lipinski definition) is 1. The smallest absolute Gasteiger partial charge is 0.137 e. The second-order valence-corrected chi connectivity index (χ2v) is 7.20. The number of aryl methyl sites for hydroxylation is 3. The van der Waals surface area contributed by atoms with E-state index in [0.29, 0.717) is 6.54 Å². The summed E-state index contributed by atoms with van der Waals surface area (Å²) in [5, 5.41) is 4.57. The Bertz CT molecular complexity index is 1030. The van der Waals surface area contributed by atoms with E-state index in [1.54, 1.807) is 0 Å². The van der Waals surface area contributed by atoms with Crippen LogP contribution in [0.2, 0.25) is 0 Å². The van der Waals surface area contributed by atoms with Crippen molar-refractivity contribution in [1.29, 1.82) is 0 Å². The summed E-state index contributed by atoms with van der Waals surface area (Å²) in [6, 6.07) is 14.8. The van der Waals surface area contributed by atoms with Crippen LogP contribution in [0.5, 0.6) is 0 Å². The summed E-state index contributed by atoms with van der Waals surface area (Å²) in [5.41, 5.74) is 7.81. The first-order valence-corrected chi connectivity index (χ1v) is 9.09. The molecule has 0 saturated heterocycles. The predicted molar refractivity (Wildman–Crippen MR) is 104 cm³/mol. The summed E-state index contributed by atoms with van der Waals surface area (Å²) in [5.74, 6) is 0. The van der Waals surface area contributed by atoms with Crippen molar-refractivity contribution < 1.29 is 0 Å². The van der Waals surface area contributed by atoms with Crippen molar-refractivity contribution in [1.82, 2.24) is 13.8 Å². The number of rotatable bonds is 4. The fourth-order valence-electron chi connectivity index (χ4n) is 2.93. The average molecular weight is 348 g/mol. The largest absolute Gasteiger partial charge is 0.370 e. The van der Waals surface area contributed by atoms with E-state index in [1.165, 1.54) is 22.7 Å². The second kappa shape index (κ2) is 6.33. The molecule has 3 aromatic heterocycles. The first-order valence-electron chi connectivity index (χ1n) is 8.32. The summed E-state index contributed by atoms with van der Waals surface area (Å²) in [7, 11) is 0. The van der Waals surface area contributed by atoms with Crippen LogP contribution in [0, 0.1) is 20.8 Å². The molecule has 4 aromatic rings. The SMILES string of the molecule is Cc1ccc(-c2nc3ccc(C)cn3c2CNc2cc(C)ns2)cc1. The molecule has 4 nitrogen and oxygen atoms in total. The Balaban J connectivity index is 1.79. The van der Waals surface area contributed by atoms with Crippen LogP contribution in [0.3, 0.4) is 0 Å². The minimum absolute atomic E-state index is 0.704. The number of aromatic nitrogens is 3. The minimum Gasteiger partial charge on any atom is -0.370 e. The van der Waals surface area contributed by atoms with E-state index in [1.807, 2.05) is 6.92 Å². The van der Waals surface area contributed by atoms with Crippen LogP contribution in [0.15, 0.2) is 48.7 Å². The van der Waals surface area contributed by atoms with Crippen LogP contribution < -0.4 is 5.32 Å². The summed E-state index contributed by atoms with van der Waals surface area (Å²) in [6.45, 7) is 6.92. The number of nitrogens with zero attached hydrogens (tertiary/aromatic N) is 3. The van der Waals surface area contributed by atoms with Gasteiger partial charge in [0.15, 0.2) is 0 Å². The van der Waals surface area contributed by atoms with E-state index < -0.39 is 0 Å². The number of anilines is 1. The van der Waals surface area contributed by atoms with Gasteiger partial charge in [0.25, 0.3) is 0 Å². The van der Waals surface area contributed by atoms with Gasteiger partial charge in [0.1, 0.15) is 10.6 Å². The lowest BCUT2D eigenvalue weighted by Gasteiger charge is -2.07. The van der Waals surface area contributed by atoms with Crippen LogP contribution in [0.25, 0.3) is 16.9 Å². The fraction of sp³-hybridized carbons (Fsp3) is 0.200. The van der Waals surface area contributed by atoms with Gasteiger partial charge >= 0.3 is 0 Å². The molecule has 0 aliphatic heterocycles. The van der Waals surface area contributed by atoms with E-state index in [-0.39, 0.29) is 0 Å². The molecule has 25 heavy (non-hydrogen) atoms. The van der Waals surface area contributed by atoms with Gasteiger partial charge in [-0.2, -0.15) is 4.37 Å². The number of pyridine rings is 1. The van der Waals surface area contributed by atoms with Crippen molar-refractivity contribution in [2.75, 3.05) is 5.32 Å². The first-order chi connectivity index (χ1) is 12.1. The lowest BCUT2D eigenvalue weighted by Crippen LogP contribution is -2.03. The molecule has 5 heteroatoms. The van der Waals surface area contributed by atoms with Crippen molar-refractivity contribution >= 4 is 22.2 Å². The molecule has 126 valence electrons. The van der Waals surface area contributed by atoms with Gasteiger partial charge in [-0.15, -0.1) is 0 Å². The normalized spacial score (nSPS) is 11.2. The molecule has 0 radical (unpaired) electrons. The molecular weight excluding hydrogens is 328 g/mol. The number of imidazole rings is 1. The Morgan fingerprint density at radius 3 is 2.48 bits per heavy atom. The molecule has 1 N–H and O–H groups in total. The van der Waals surface area contributed by atoms with Crippen molar-refractivity contribution in [2.45, 2.75) is 27.3 Å². The highest BCUT2D eigenvalue weighted by molar-refractivity contribution is 7.10. The fourth-order valence-corrected chi connectivity index (χ4v) is 3.58. The molecule has 3 heterocycles. The molecule has 0 aliphatic carbocycles. The third-order valence-electron chi connectivity index (χ3n) is 4.25. The van der Waals surface area contributed by atoms with Crippen LogP contribution in [0.4, 0.5) is 5.00 Å². The summed E-state index contributed by atoms with van der Waals surface area (Å²) < 4.78 is 6.53. The van der Waals surface area contributed by atoms with Gasteiger partial charge in [-0.25, -0.2) is 4.98 Å². The zero-order chi connectivity index (χ0) is 17.4. The standard InChI is InChI=1S/C20H20N4S/c1-13-4-7-16(8-5-13)20-17(11-21-19-10-15(3)23-25-19)24-12-14(2)6-9-18(24)22-20/h4-10,12,21H,11H2,1-3H3. The highest BCUT2D eigenvalue weighted by atomic mass is 32.1. The number of fused-ring (bicyclic) bond motifs is 1. The number of benzene rings is 1. The molecule has 4 rings (SSSR count). The third-order valence-corrected chi connectivity index (χ3v) is 5.09. The summed E-state index contributed by atoms with van der Waals surface area (Å²) in [6.07, 6.45) is 2.15. The lowest BCUT2D eigenvalue weighted by atomic mass is 10.1. The molecule has 0 bridgehead atoms. The van der Waals surface area contributed by atoms with E-state index in [2.05, 4.69) is 76.6 Å². The van der Waals surface area contributed by atoms with Gasteiger partial charge in [0.05, 0.1) is 23.6 Å². The van der Waals surface area contributed by atoms with Crippen LogP contribution in [0.1, 0.15) is 22.5 Å². The maximum absolute atomic E-state index is 4.88. The van der Waals surface area contributed by atoms with E-state index in [0.717, 1.165) is 33.3 Å². The van der Waals surface area contributed by atoms with Crippen LogP contribution in [-0.4, -0.2) is 13.8 Å². The van der Waals surface area contributed by atoms with E-state index >= 15 is 0 Å². The average Bonchev–Trinajstić information content (AvgIpc) is 3.17. The number of nitrogens with one attached hydrogen (secondary N) is 1. The Labute approximate surface area is 151 Å².